The first kappa shape index (κ1) is 20.8. The van der Waals surface area contributed by atoms with Gasteiger partial charge in [0.2, 0.25) is 0 Å². The summed E-state index contributed by atoms with van der Waals surface area (Å²) in [6.45, 7) is -0.326. The summed E-state index contributed by atoms with van der Waals surface area (Å²) in [5.74, 6) is 0. The van der Waals surface area contributed by atoms with Crippen molar-refractivity contribution < 1.29 is 35.6 Å². The van der Waals surface area contributed by atoms with Gasteiger partial charge in [-0.2, -0.15) is 18.3 Å². The Balaban J connectivity index is 2.22. The highest BCUT2D eigenvalue weighted by molar-refractivity contribution is 7.92. The minimum Gasteiger partial charge on any atom is -0.249 e. The second-order valence-corrected chi connectivity index (χ2v) is 9.57. The van der Waals surface area contributed by atoms with E-state index in [1.165, 1.54) is 17.3 Å². The molecule has 0 spiro atoms. The van der Waals surface area contributed by atoms with E-state index in [0.717, 1.165) is 30.5 Å². The molecule has 1 heterocycles. The van der Waals surface area contributed by atoms with E-state index < -0.39 is 40.2 Å². The molecule has 152 valence electrons. The van der Waals surface area contributed by atoms with Gasteiger partial charge in [0.25, 0.3) is 0 Å². The SMILES string of the molecule is CS(=O)(=O)C1(C(Cn2cncn2)(O[P+](=O)O)c2ccc(C(F)(F)F)cc2)CC1. The second-order valence-electron chi connectivity index (χ2n) is 6.59. The van der Waals surface area contributed by atoms with Crippen molar-refractivity contribution >= 4 is 18.1 Å². The van der Waals surface area contributed by atoms with E-state index >= 15 is 0 Å². The van der Waals surface area contributed by atoms with E-state index in [0.29, 0.717) is 0 Å². The molecule has 1 aliphatic rings. The number of benzene rings is 1. The maximum absolute atomic E-state index is 12.9. The predicted molar refractivity (Wildman–Crippen MR) is 90.9 cm³/mol. The van der Waals surface area contributed by atoms with Crippen molar-refractivity contribution in [3.8, 4) is 0 Å². The summed E-state index contributed by atoms with van der Waals surface area (Å²) in [6.07, 6.45) is -0.963. The zero-order valence-electron chi connectivity index (χ0n) is 14.5. The van der Waals surface area contributed by atoms with Gasteiger partial charge in [-0.05, 0) is 30.5 Å². The molecule has 2 unspecified atom stereocenters. The molecule has 1 aromatic carbocycles. The fraction of sp³-hybridized carbons (Fsp3) is 0.467. The van der Waals surface area contributed by atoms with Crippen LogP contribution >= 0.6 is 8.25 Å². The number of hydrogen-bond acceptors (Lipinski definition) is 6. The van der Waals surface area contributed by atoms with Crippen LogP contribution in [0.1, 0.15) is 24.0 Å². The summed E-state index contributed by atoms with van der Waals surface area (Å²) in [4.78, 5) is 13.2. The van der Waals surface area contributed by atoms with Crippen LogP contribution in [0.25, 0.3) is 0 Å². The van der Waals surface area contributed by atoms with Gasteiger partial charge in [-0.3, -0.25) is 0 Å². The monoisotopic (exact) mass is 438 g/mol. The first-order valence-corrected chi connectivity index (χ1v) is 11.0. The maximum atomic E-state index is 12.9. The Kier molecular flexibility index (Phi) is 5.11. The highest BCUT2D eigenvalue weighted by Crippen LogP contribution is 2.60. The number of hydrogen-bond donors (Lipinski definition) is 1. The molecule has 28 heavy (non-hydrogen) atoms. The lowest BCUT2D eigenvalue weighted by Crippen LogP contribution is -2.50. The Morgan fingerprint density at radius 2 is 1.82 bits per heavy atom. The van der Waals surface area contributed by atoms with Crippen LogP contribution in [0.2, 0.25) is 0 Å². The van der Waals surface area contributed by atoms with Gasteiger partial charge in [0, 0.05) is 10.8 Å². The molecular formula is C15H16F3N3O5PS+. The number of halogens is 3. The quantitative estimate of drug-likeness (QED) is 0.661. The Hall–Kier alpha value is -1.88. The van der Waals surface area contributed by atoms with Crippen molar-refractivity contribution in [2.24, 2.45) is 0 Å². The fourth-order valence-corrected chi connectivity index (χ4v) is 5.79. The molecule has 13 heteroatoms. The molecule has 1 saturated carbocycles. The zero-order chi connectivity index (χ0) is 20.8. The van der Waals surface area contributed by atoms with Gasteiger partial charge in [-0.15, -0.1) is 9.42 Å². The molecule has 0 saturated heterocycles. The lowest BCUT2D eigenvalue weighted by atomic mass is 9.87. The number of alkyl halides is 3. The minimum absolute atomic E-state index is 0.0244. The molecule has 0 radical (unpaired) electrons. The van der Waals surface area contributed by atoms with Gasteiger partial charge >= 0.3 is 14.4 Å². The molecule has 1 fully saturated rings. The van der Waals surface area contributed by atoms with E-state index in [1.54, 1.807) is 0 Å². The minimum atomic E-state index is -4.59. The summed E-state index contributed by atoms with van der Waals surface area (Å²) in [6, 6.07) is 3.67. The number of aromatic nitrogens is 3. The standard InChI is InChI=1S/C15H15F3N3O5PS/c1-28(24,25)13(6-7-13)14(26-27(22)23,8-21-10-19-9-20-21)11-2-4-12(5-3-11)15(16,17)18/h2-5,9-10H,6-8H2,1H3/p+1. The average molecular weight is 438 g/mol. The fourth-order valence-electron chi connectivity index (χ4n) is 3.46. The maximum Gasteiger partial charge on any atom is 0.695 e. The lowest BCUT2D eigenvalue weighted by molar-refractivity contribution is -0.137. The third kappa shape index (κ3) is 3.57. The number of sulfone groups is 1. The lowest BCUT2D eigenvalue weighted by Gasteiger charge is -2.35. The molecule has 0 amide bonds. The average Bonchev–Trinajstić information content (AvgIpc) is 3.26. The van der Waals surface area contributed by atoms with Crippen LogP contribution in [0.15, 0.2) is 36.9 Å². The van der Waals surface area contributed by atoms with Gasteiger partial charge in [0.05, 0.1) is 12.1 Å². The molecule has 0 bridgehead atoms. The third-order valence-corrected chi connectivity index (χ3v) is 7.54. The van der Waals surface area contributed by atoms with Gasteiger partial charge in [0.15, 0.2) is 15.4 Å². The van der Waals surface area contributed by atoms with Crippen molar-refractivity contribution in [2.75, 3.05) is 6.26 Å². The summed E-state index contributed by atoms with van der Waals surface area (Å²) < 4.78 is 80.5. The van der Waals surface area contributed by atoms with Crippen LogP contribution in [0.3, 0.4) is 0 Å². The molecule has 1 aromatic heterocycles. The first-order chi connectivity index (χ1) is 12.9. The normalized spacial score (nSPS) is 19.1. The van der Waals surface area contributed by atoms with Crippen LogP contribution in [0.5, 0.6) is 0 Å². The topological polar surface area (TPSA) is 111 Å². The number of rotatable bonds is 7. The Morgan fingerprint density at radius 3 is 2.21 bits per heavy atom. The second kappa shape index (κ2) is 6.87. The third-order valence-electron chi connectivity index (χ3n) is 4.91. The van der Waals surface area contributed by atoms with E-state index in [2.05, 4.69) is 10.1 Å². The summed E-state index contributed by atoms with van der Waals surface area (Å²) in [5.41, 5.74) is -2.85. The van der Waals surface area contributed by atoms with Crippen molar-refractivity contribution in [3.63, 3.8) is 0 Å². The van der Waals surface area contributed by atoms with Crippen LogP contribution in [-0.2, 0) is 37.2 Å². The molecule has 1 N–H and O–H groups in total. The van der Waals surface area contributed by atoms with Crippen LogP contribution in [0, 0.1) is 0 Å². The smallest absolute Gasteiger partial charge is 0.249 e. The highest BCUT2D eigenvalue weighted by atomic mass is 32.2. The summed E-state index contributed by atoms with van der Waals surface area (Å²) >= 11 is 0. The molecule has 2 aromatic rings. The predicted octanol–water partition coefficient (Wildman–Crippen LogP) is 2.44. The van der Waals surface area contributed by atoms with Gasteiger partial charge in [0.1, 0.15) is 17.4 Å². The van der Waals surface area contributed by atoms with Crippen molar-refractivity contribution in [1.82, 2.24) is 14.8 Å². The molecule has 8 nitrogen and oxygen atoms in total. The molecule has 0 aliphatic heterocycles. The van der Waals surface area contributed by atoms with Crippen LogP contribution in [-0.4, -0.2) is 39.1 Å². The Morgan fingerprint density at radius 1 is 1.25 bits per heavy atom. The molecule has 3 rings (SSSR count). The molecular weight excluding hydrogens is 422 g/mol. The van der Waals surface area contributed by atoms with Crippen LogP contribution in [0.4, 0.5) is 13.2 Å². The van der Waals surface area contributed by atoms with E-state index in [1.807, 2.05) is 0 Å². The van der Waals surface area contributed by atoms with E-state index in [4.69, 9.17) is 4.52 Å². The van der Waals surface area contributed by atoms with Gasteiger partial charge in [-0.25, -0.2) is 18.1 Å². The largest absolute Gasteiger partial charge is 0.695 e. The van der Waals surface area contributed by atoms with Crippen molar-refractivity contribution in [1.29, 1.82) is 0 Å². The Bertz CT molecular complexity index is 975. The van der Waals surface area contributed by atoms with Crippen LogP contribution < -0.4 is 0 Å². The molecule has 1 aliphatic carbocycles. The van der Waals surface area contributed by atoms with E-state index in [9.17, 15) is 31.0 Å². The van der Waals surface area contributed by atoms with Crippen molar-refractivity contribution in [2.45, 2.75) is 35.9 Å². The van der Waals surface area contributed by atoms with E-state index in [-0.39, 0.29) is 24.9 Å². The zero-order valence-corrected chi connectivity index (χ0v) is 16.2. The summed E-state index contributed by atoms with van der Waals surface area (Å²) in [5, 5.41) is 3.89. The summed E-state index contributed by atoms with van der Waals surface area (Å²) in [7, 11) is -7.13. The molecule has 2 atom stereocenters. The highest BCUT2D eigenvalue weighted by Gasteiger charge is 2.71. The first-order valence-electron chi connectivity index (χ1n) is 7.96. The Labute approximate surface area is 159 Å². The van der Waals surface area contributed by atoms with Gasteiger partial charge < -0.3 is 0 Å². The van der Waals surface area contributed by atoms with Crippen molar-refractivity contribution in [3.05, 3.63) is 48.0 Å². The number of nitrogens with zero attached hydrogens (tertiary/aromatic N) is 3. The van der Waals surface area contributed by atoms with Gasteiger partial charge in [-0.1, -0.05) is 12.1 Å².